The van der Waals surface area contributed by atoms with E-state index in [0.717, 1.165) is 4.88 Å². The lowest BCUT2D eigenvalue weighted by molar-refractivity contribution is -0.132. The van der Waals surface area contributed by atoms with Crippen molar-refractivity contribution >= 4 is 57.5 Å². The third-order valence-electron chi connectivity index (χ3n) is 3.57. The summed E-state index contributed by atoms with van der Waals surface area (Å²) in [7, 11) is 0. The molecule has 1 saturated heterocycles. The summed E-state index contributed by atoms with van der Waals surface area (Å²) in [6.45, 7) is 3.20. The Labute approximate surface area is 155 Å². The van der Waals surface area contributed by atoms with Crippen LogP contribution in [-0.2, 0) is 9.59 Å². The Bertz CT molecular complexity index is 629. The van der Waals surface area contributed by atoms with Gasteiger partial charge in [-0.3, -0.25) is 14.5 Å². The second kappa shape index (κ2) is 9.31. The summed E-state index contributed by atoms with van der Waals surface area (Å²) < 4.78 is 0.540. The van der Waals surface area contributed by atoms with Gasteiger partial charge in [0.05, 0.1) is 11.5 Å². The van der Waals surface area contributed by atoms with Crippen LogP contribution < -0.4 is 0 Å². The predicted octanol–water partition coefficient (Wildman–Crippen LogP) is 2.57. The van der Waals surface area contributed by atoms with Gasteiger partial charge >= 0.3 is 0 Å². The molecule has 5 nitrogen and oxygen atoms in total. The summed E-state index contributed by atoms with van der Waals surface area (Å²) in [4.78, 5) is 29.3. The van der Waals surface area contributed by atoms with Crippen molar-refractivity contribution in [3.8, 4) is 0 Å². The van der Waals surface area contributed by atoms with Gasteiger partial charge in [-0.25, -0.2) is 0 Å². The minimum absolute atomic E-state index is 0.00822. The number of thioether (sulfide) groups is 1. The number of carbonyl (C=O) groups excluding carboxylic acids is 2. The lowest BCUT2D eigenvalue weighted by Gasteiger charge is -2.20. The molecule has 0 atom stereocenters. The van der Waals surface area contributed by atoms with E-state index in [4.69, 9.17) is 17.3 Å². The number of likely N-dealkylation sites (N-methyl/N-ethyl adjacent to an activating group) is 1. The first-order chi connectivity index (χ1) is 11.6. The second-order valence-electron chi connectivity index (χ2n) is 5.15. The molecule has 0 aliphatic carbocycles. The molecule has 2 heterocycles. The molecule has 0 spiro atoms. The molecule has 1 aliphatic rings. The average molecular weight is 385 g/mol. The van der Waals surface area contributed by atoms with Gasteiger partial charge in [0, 0.05) is 30.9 Å². The van der Waals surface area contributed by atoms with Crippen molar-refractivity contribution < 1.29 is 14.7 Å². The Morgan fingerprint density at radius 3 is 2.92 bits per heavy atom. The van der Waals surface area contributed by atoms with E-state index in [9.17, 15) is 9.59 Å². The molecular formula is C16H20N2O3S3. The molecule has 8 heteroatoms. The number of amides is 2. The molecule has 2 rings (SSSR count). The maximum absolute atomic E-state index is 12.4. The molecule has 0 saturated carbocycles. The largest absolute Gasteiger partial charge is 0.395 e. The highest BCUT2D eigenvalue weighted by atomic mass is 32.2. The van der Waals surface area contributed by atoms with Gasteiger partial charge < -0.3 is 10.0 Å². The van der Waals surface area contributed by atoms with E-state index >= 15 is 0 Å². The van der Waals surface area contributed by atoms with Crippen LogP contribution in [0.15, 0.2) is 22.4 Å². The van der Waals surface area contributed by atoms with Gasteiger partial charge in [-0.1, -0.05) is 30.0 Å². The van der Waals surface area contributed by atoms with Gasteiger partial charge in [-0.15, -0.1) is 11.3 Å². The molecule has 0 bridgehead atoms. The van der Waals surface area contributed by atoms with E-state index in [0.29, 0.717) is 41.7 Å². The van der Waals surface area contributed by atoms with Crippen molar-refractivity contribution in [1.82, 2.24) is 9.80 Å². The van der Waals surface area contributed by atoms with Crippen LogP contribution in [-0.4, -0.2) is 57.3 Å². The zero-order valence-electron chi connectivity index (χ0n) is 13.4. The molecule has 1 aromatic rings. The van der Waals surface area contributed by atoms with Crippen LogP contribution >= 0.6 is 35.3 Å². The summed E-state index contributed by atoms with van der Waals surface area (Å²) in [5.41, 5.74) is 0. The van der Waals surface area contributed by atoms with Crippen molar-refractivity contribution in [2.24, 2.45) is 0 Å². The molecule has 1 aliphatic heterocycles. The molecule has 0 aromatic carbocycles. The number of aliphatic hydroxyl groups excluding tert-OH is 1. The van der Waals surface area contributed by atoms with Gasteiger partial charge in [0.2, 0.25) is 5.91 Å². The number of nitrogens with zero attached hydrogens (tertiary/aromatic N) is 2. The van der Waals surface area contributed by atoms with E-state index in [1.54, 1.807) is 21.1 Å². The molecule has 130 valence electrons. The minimum Gasteiger partial charge on any atom is -0.395 e. The number of aliphatic hydroxyl groups is 1. The van der Waals surface area contributed by atoms with Crippen molar-refractivity contribution in [2.75, 3.05) is 26.2 Å². The van der Waals surface area contributed by atoms with E-state index in [1.165, 1.54) is 11.8 Å². The first-order valence-electron chi connectivity index (χ1n) is 7.74. The summed E-state index contributed by atoms with van der Waals surface area (Å²) >= 11 is 8.16. The fourth-order valence-corrected chi connectivity index (χ4v) is 4.35. The van der Waals surface area contributed by atoms with E-state index < -0.39 is 0 Å². The van der Waals surface area contributed by atoms with Crippen LogP contribution in [0.3, 0.4) is 0 Å². The Balaban J connectivity index is 1.88. The Kier molecular flexibility index (Phi) is 7.41. The number of carbonyl (C=O) groups is 2. The van der Waals surface area contributed by atoms with Crippen LogP contribution in [0.1, 0.15) is 24.6 Å². The van der Waals surface area contributed by atoms with Crippen LogP contribution in [0.25, 0.3) is 6.08 Å². The lowest BCUT2D eigenvalue weighted by Crippen LogP contribution is -2.34. The molecule has 0 radical (unpaired) electrons. The molecule has 1 fully saturated rings. The topological polar surface area (TPSA) is 60.9 Å². The maximum atomic E-state index is 12.4. The number of hydrogen-bond acceptors (Lipinski definition) is 6. The standard InChI is InChI=1S/C16H20N2O3S3/c1-2-17(8-9-19)14(20)6-3-7-18-15(21)13(24-16(18)22)11-12-5-4-10-23-12/h4-5,10-11,19H,2-3,6-9H2,1H3. The highest BCUT2D eigenvalue weighted by Crippen LogP contribution is 2.33. The van der Waals surface area contributed by atoms with Crippen LogP contribution in [0.5, 0.6) is 0 Å². The van der Waals surface area contributed by atoms with Gasteiger partial charge in [-0.2, -0.15) is 0 Å². The quantitative estimate of drug-likeness (QED) is 0.551. The molecule has 2 amide bonds. The Hall–Kier alpha value is -1.22. The van der Waals surface area contributed by atoms with Gasteiger partial charge in [0.1, 0.15) is 4.32 Å². The van der Waals surface area contributed by atoms with Crippen LogP contribution in [0, 0.1) is 0 Å². The first kappa shape index (κ1) is 19.1. The third-order valence-corrected chi connectivity index (χ3v) is 5.76. The summed E-state index contributed by atoms with van der Waals surface area (Å²) in [5, 5.41) is 10.9. The van der Waals surface area contributed by atoms with Gasteiger partial charge in [0.25, 0.3) is 5.91 Å². The van der Waals surface area contributed by atoms with Gasteiger partial charge in [0.15, 0.2) is 0 Å². The molecule has 24 heavy (non-hydrogen) atoms. The monoisotopic (exact) mass is 384 g/mol. The minimum atomic E-state index is -0.0893. The molecule has 0 unspecified atom stereocenters. The normalized spacial score (nSPS) is 16.2. The maximum Gasteiger partial charge on any atom is 0.266 e. The van der Waals surface area contributed by atoms with E-state index in [-0.39, 0.29) is 18.4 Å². The van der Waals surface area contributed by atoms with Crippen LogP contribution in [0.4, 0.5) is 0 Å². The number of thiocarbonyl (C=S) groups is 1. The smallest absolute Gasteiger partial charge is 0.266 e. The number of thiophene rings is 1. The van der Waals surface area contributed by atoms with Gasteiger partial charge in [-0.05, 0) is 30.9 Å². The Morgan fingerprint density at radius 2 is 2.29 bits per heavy atom. The lowest BCUT2D eigenvalue weighted by atomic mass is 10.2. The summed E-state index contributed by atoms with van der Waals surface area (Å²) in [6, 6.07) is 3.89. The van der Waals surface area contributed by atoms with Crippen molar-refractivity contribution in [2.45, 2.75) is 19.8 Å². The SMILES string of the molecule is CCN(CCO)C(=O)CCCN1C(=O)C(=Cc2cccs2)SC1=S. The predicted molar refractivity (Wildman–Crippen MR) is 103 cm³/mol. The summed E-state index contributed by atoms with van der Waals surface area (Å²) in [6.07, 6.45) is 2.75. The highest BCUT2D eigenvalue weighted by molar-refractivity contribution is 8.26. The zero-order valence-corrected chi connectivity index (χ0v) is 15.9. The van der Waals surface area contributed by atoms with E-state index in [2.05, 4.69) is 0 Å². The number of rotatable bonds is 8. The number of hydrogen-bond donors (Lipinski definition) is 1. The van der Waals surface area contributed by atoms with Crippen molar-refractivity contribution in [1.29, 1.82) is 0 Å². The zero-order chi connectivity index (χ0) is 17.5. The third kappa shape index (κ3) is 4.89. The van der Waals surface area contributed by atoms with Crippen molar-refractivity contribution in [3.05, 3.63) is 27.3 Å². The fraction of sp³-hybridized carbons (Fsp3) is 0.438. The first-order valence-corrected chi connectivity index (χ1v) is 9.84. The fourth-order valence-electron chi connectivity index (χ4n) is 2.32. The second-order valence-corrected chi connectivity index (χ2v) is 7.80. The molecule has 1 N–H and O–H groups in total. The highest BCUT2D eigenvalue weighted by Gasteiger charge is 2.31. The molecular weight excluding hydrogens is 364 g/mol. The Morgan fingerprint density at radius 1 is 1.50 bits per heavy atom. The average Bonchev–Trinajstić information content (AvgIpc) is 3.16. The summed E-state index contributed by atoms with van der Waals surface area (Å²) in [5.74, 6) is -0.0975. The van der Waals surface area contributed by atoms with E-state index in [1.807, 2.05) is 30.5 Å². The van der Waals surface area contributed by atoms with Crippen LogP contribution in [0.2, 0.25) is 0 Å². The van der Waals surface area contributed by atoms with Crippen molar-refractivity contribution in [3.63, 3.8) is 0 Å². The molecule has 1 aromatic heterocycles.